The van der Waals surface area contributed by atoms with Crippen LogP contribution in [0, 0.1) is 0 Å². The molecule has 1 atom stereocenters. The van der Waals surface area contributed by atoms with E-state index in [0.29, 0.717) is 36.2 Å². The molecule has 4 N–H and O–H groups in total. The molecular weight excluding hydrogens is 374 g/mol. The molecule has 2 aromatic rings. The molecule has 2 aromatic heterocycles. The summed E-state index contributed by atoms with van der Waals surface area (Å²) in [6.07, 6.45) is 6.42. The van der Waals surface area contributed by atoms with Crippen LogP contribution < -0.4 is 11.3 Å². The Hall–Kier alpha value is -3.46. The molecule has 1 fully saturated rings. The fourth-order valence-electron chi connectivity index (χ4n) is 3.85. The number of aromatic amines is 1. The molecule has 0 saturated carbocycles. The zero-order valence-corrected chi connectivity index (χ0v) is 16.1. The van der Waals surface area contributed by atoms with Crippen LogP contribution in [0.3, 0.4) is 0 Å². The number of nitrogens with two attached hydrogens (primary N) is 1. The van der Waals surface area contributed by atoms with Crippen molar-refractivity contribution >= 4 is 28.5 Å². The lowest BCUT2D eigenvalue weighted by Crippen LogP contribution is -2.40. The number of aliphatic hydroxyl groups is 1. The van der Waals surface area contributed by atoms with E-state index in [1.807, 2.05) is 18.2 Å². The van der Waals surface area contributed by atoms with Gasteiger partial charge in [0, 0.05) is 26.1 Å². The van der Waals surface area contributed by atoms with E-state index in [0.717, 1.165) is 5.57 Å². The van der Waals surface area contributed by atoms with E-state index in [2.05, 4.69) is 10.1 Å². The second-order valence-corrected chi connectivity index (χ2v) is 7.37. The van der Waals surface area contributed by atoms with Gasteiger partial charge in [-0.15, -0.1) is 0 Å². The van der Waals surface area contributed by atoms with Crippen molar-refractivity contribution in [3.05, 3.63) is 57.6 Å². The van der Waals surface area contributed by atoms with Crippen LogP contribution in [-0.2, 0) is 4.79 Å². The number of allylic oxidation sites excluding steroid dienone is 5. The molecule has 0 radical (unpaired) electrons. The van der Waals surface area contributed by atoms with E-state index in [-0.39, 0.29) is 22.7 Å². The molecule has 3 heterocycles. The van der Waals surface area contributed by atoms with Gasteiger partial charge in [-0.05, 0) is 42.7 Å². The largest absolute Gasteiger partial charge is 0.375 e. The maximum atomic E-state index is 12.4. The molecule has 2 aliphatic rings. The summed E-state index contributed by atoms with van der Waals surface area (Å²) in [6.45, 7) is 2.25. The van der Waals surface area contributed by atoms with Crippen LogP contribution in [0.1, 0.15) is 30.3 Å². The number of fused-ring (bicyclic) bond motifs is 1. The Balaban J connectivity index is 1.86. The quantitative estimate of drug-likeness (QED) is 0.697. The van der Waals surface area contributed by atoms with E-state index in [1.54, 1.807) is 20.0 Å². The number of likely N-dealkylation sites (tertiary alicyclic amines) is 1. The topological polar surface area (TPSA) is 134 Å². The maximum absolute atomic E-state index is 12.4. The second kappa shape index (κ2) is 6.56. The molecular formula is C20H21N5O4. The number of amides is 2. The number of nitrogens with one attached hydrogen (secondary N) is 1. The van der Waals surface area contributed by atoms with Crippen LogP contribution in [0.5, 0.6) is 0 Å². The average molecular weight is 395 g/mol. The van der Waals surface area contributed by atoms with Gasteiger partial charge < -0.3 is 20.7 Å². The molecule has 1 aliphatic carbocycles. The number of pyridine rings is 1. The highest BCUT2D eigenvalue weighted by molar-refractivity contribution is 6.03. The number of hydrogen-bond donors (Lipinski definition) is 3. The molecule has 1 unspecified atom stereocenters. The highest BCUT2D eigenvalue weighted by Gasteiger charge is 2.45. The molecule has 0 aromatic carbocycles. The first-order chi connectivity index (χ1) is 13.7. The number of hydrogen-bond acceptors (Lipinski definition) is 5. The molecule has 29 heavy (non-hydrogen) atoms. The van der Waals surface area contributed by atoms with Gasteiger partial charge in [-0.3, -0.25) is 14.4 Å². The highest BCUT2D eigenvalue weighted by atomic mass is 16.3. The second-order valence-electron chi connectivity index (χ2n) is 7.37. The summed E-state index contributed by atoms with van der Waals surface area (Å²) in [5.74, 6) is -1.07. The summed E-state index contributed by atoms with van der Waals surface area (Å²) in [6, 6.07) is 2.91. The van der Waals surface area contributed by atoms with Crippen molar-refractivity contribution in [2.45, 2.75) is 25.4 Å². The molecule has 0 spiro atoms. The Labute approximate surface area is 165 Å². The molecule has 9 heteroatoms. The summed E-state index contributed by atoms with van der Waals surface area (Å²) >= 11 is 0. The van der Waals surface area contributed by atoms with Crippen molar-refractivity contribution in [2.24, 2.45) is 5.73 Å². The van der Waals surface area contributed by atoms with E-state index >= 15 is 0 Å². The lowest BCUT2D eigenvalue weighted by atomic mass is 9.86. The Bertz CT molecular complexity index is 1200. The predicted molar refractivity (Wildman–Crippen MR) is 107 cm³/mol. The van der Waals surface area contributed by atoms with Gasteiger partial charge in [0.15, 0.2) is 11.3 Å². The van der Waals surface area contributed by atoms with Crippen LogP contribution in [0.15, 0.2) is 46.3 Å². The van der Waals surface area contributed by atoms with Gasteiger partial charge in [0.2, 0.25) is 5.56 Å². The summed E-state index contributed by atoms with van der Waals surface area (Å²) < 4.78 is 1.51. The first-order valence-electron chi connectivity index (χ1n) is 9.21. The van der Waals surface area contributed by atoms with Gasteiger partial charge in [-0.1, -0.05) is 6.08 Å². The lowest BCUT2D eigenvalue weighted by molar-refractivity contribution is -0.139. The van der Waals surface area contributed by atoms with Crippen molar-refractivity contribution in [1.82, 2.24) is 19.7 Å². The van der Waals surface area contributed by atoms with Gasteiger partial charge in [0.25, 0.3) is 11.8 Å². The first-order valence-corrected chi connectivity index (χ1v) is 9.21. The van der Waals surface area contributed by atoms with E-state index in [4.69, 9.17) is 5.73 Å². The fraction of sp³-hybridized carbons (Fsp3) is 0.300. The standard InChI is InChI=1S/C20H21N5O4/c1-11(20(29)8-9-24(2)19(20)28)12-4-3-5-13(10-12)25-14-6-7-15(26)22-16(14)17(23-25)18(21)27/h3,5-7,10,29H,4,8-9H2,1-2H3,(H2,21,27)(H,22,26). The number of nitrogens with zero attached hydrogens (tertiary/aromatic N) is 3. The van der Waals surface area contributed by atoms with Crippen LogP contribution in [0.4, 0.5) is 0 Å². The Morgan fingerprint density at radius 1 is 1.34 bits per heavy atom. The molecule has 4 rings (SSSR count). The SMILES string of the molecule is CC(=C1C=C(n2nc(C(N)=O)c3[nH]c(=O)ccc32)C=CC1)C1(O)CCN(C)C1=O. The van der Waals surface area contributed by atoms with Gasteiger partial charge in [0.1, 0.15) is 5.52 Å². The summed E-state index contributed by atoms with van der Waals surface area (Å²) in [4.78, 5) is 40.0. The molecule has 1 saturated heterocycles. The minimum atomic E-state index is -1.52. The number of carbonyl (C=O) groups is 2. The monoisotopic (exact) mass is 395 g/mol. The van der Waals surface area contributed by atoms with E-state index in [9.17, 15) is 19.5 Å². The summed E-state index contributed by atoms with van der Waals surface area (Å²) in [5, 5.41) is 15.2. The van der Waals surface area contributed by atoms with E-state index in [1.165, 1.54) is 15.6 Å². The van der Waals surface area contributed by atoms with Gasteiger partial charge >= 0.3 is 0 Å². The third kappa shape index (κ3) is 2.90. The number of carbonyl (C=O) groups excluding carboxylic acids is 2. The minimum Gasteiger partial charge on any atom is -0.375 e. The first kappa shape index (κ1) is 18.9. The summed E-state index contributed by atoms with van der Waals surface area (Å²) in [5.41, 5.74) is 6.28. The fourth-order valence-corrected chi connectivity index (χ4v) is 3.85. The Kier molecular flexibility index (Phi) is 4.27. The van der Waals surface area contributed by atoms with Crippen molar-refractivity contribution in [3.63, 3.8) is 0 Å². The van der Waals surface area contributed by atoms with E-state index < -0.39 is 11.5 Å². The lowest BCUT2D eigenvalue weighted by Gasteiger charge is -2.25. The third-order valence-corrected chi connectivity index (χ3v) is 5.60. The Morgan fingerprint density at radius 3 is 2.76 bits per heavy atom. The van der Waals surface area contributed by atoms with Gasteiger partial charge in [-0.25, -0.2) is 4.68 Å². The average Bonchev–Trinajstić information content (AvgIpc) is 3.21. The van der Waals surface area contributed by atoms with Crippen LogP contribution >= 0.6 is 0 Å². The zero-order valence-electron chi connectivity index (χ0n) is 16.1. The highest BCUT2D eigenvalue weighted by Crippen LogP contribution is 2.34. The molecule has 0 bridgehead atoms. The van der Waals surface area contributed by atoms with Crippen molar-refractivity contribution in [3.8, 4) is 0 Å². The smallest absolute Gasteiger partial charge is 0.271 e. The van der Waals surface area contributed by atoms with Gasteiger partial charge in [-0.2, -0.15) is 5.10 Å². The normalized spacial score (nSPS) is 23.6. The minimum absolute atomic E-state index is 0.0361. The maximum Gasteiger partial charge on any atom is 0.271 e. The number of likely N-dealkylation sites (N-methyl/N-ethyl adjacent to an activating group) is 1. The van der Waals surface area contributed by atoms with Crippen LogP contribution in [0.25, 0.3) is 16.7 Å². The molecule has 2 amide bonds. The van der Waals surface area contributed by atoms with Crippen LogP contribution in [0.2, 0.25) is 0 Å². The summed E-state index contributed by atoms with van der Waals surface area (Å²) in [7, 11) is 1.67. The number of rotatable bonds is 3. The van der Waals surface area contributed by atoms with Crippen molar-refractivity contribution in [2.75, 3.05) is 13.6 Å². The predicted octanol–water partition coefficient (Wildman–Crippen LogP) is 0.534. The van der Waals surface area contributed by atoms with Crippen molar-refractivity contribution < 1.29 is 14.7 Å². The number of aromatic nitrogens is 3. The molecule has 1 aliphatic heterocycles. The molecule has 9 nitrogen and oxygen atoms in total. The third-order valence-electron chi connectivity index (χ3n) is 5.60. The van der Waals surface area contributed by atoms with Crippen LogP contribution in [-0.4, -0.2) is 55.8 Å². The molecule has 150 valence electrons. The number of H-pyrrole nitrogens is 1. The van der Waals surface area contributed by atoms with Gasteiger partial charge in [0.05, 0.1) is 11.2 Å². The van der Waals surface area contributed by atoms with Crippen molar-refractivity contribution in [1.29, 1.82) is 0 Å². The Morgan fingerprint density at radius 2 is 2.10 bits per heavy atom. The zero-order chi connectivity index (χ0) is 20.9. The number of primary amides is 1.